The van der Waals surface area contributed by atoms with Crippen molar-refractivity contribution in [2.45, 2.75) is 229 Å². The number of pyridine rings is 4. The molecular weight excluding hydrogens is 1570 g/mol. The average Bonchev–Trinajstić information content (AvgIpc) is 0.758. The normalized spacial score (nSPS) is 11.8. The van der Waals surface area contributed by atoms with Gasteiger partial charge in [0.25, 0.3) is 0 Å². The van der Waals surface area contributed by atoms with Crippen molar-refractivity contribution in [3.05, 3.63) is 284 Å². The van der Waals surface area contributed by atoms with E-state index in [0.717, 1.165) is 121 Å². The molecule has 0 spiro atoms. The zero-order chi connectivity index (χ0) is 92.7. The maximum absolute atomic E-state index is 4.99. The lowest BCUT2D eigenvalue weighted by Crippen LogP contribution is -2.32. The lowest BCUT2D eigenvalue weighted by molar-refractivity contribution is -0.658. The summed E-state index contributed by atoms with van der Waals surface area (Å²) >= 11 is 0. The van der Waals surface area contributed by atoms with E-state index in [2.05, 4.69) is 412 Å². The number of hydrogen-bond donors (Lipinski definition) is 0. The SMILES string of the molecule is Cc1cc(C)c(C)c(-c2c3ccccc3c(-c3nc(C(C)(C)C)nc(C(C)(C)C)n3)c[n+]2C)c1.Cc1cc(C)c(C)c(-c2c3ccccc3c(-c3nc(C(C)C)nc(C(C)C)n3)c[n+]2C)c1.Cc1cc(C)c(C)c(-c2c3ccccc3c(-c3nc(C)nc(C)n3)c[n+]2C)c1.Cc1cc(C)c(C)c(-c2c3ccccc3c(-c3nc(CC(C)C)nc(CC(C)C)n3)c[n+]2C)c1. The first-order chi connectivity index (χ1) is 60.4. The molecular formula is C112H132N16+4. The third-order valence-electron chi connectivity index (χ3n) is 24.3. The summed E-state index contributed by atoms with van der Waals surface area (Å²) in [6, 6.07) is 52.5. The van der Waals surface area contributed by atoms with Crippen LogP contribution in [0.1, 0.15) is 222 Å². The third kappa shape index (κ3) is 20.1. The lowest BCUT2D eigenvalue weighted by Gasteiger charge is -2.23. The Balaban J connectivity index is 0.000000146. The Morgan fingerprint density at radius 2 is 0.500 bits per heavy atom. The standard InChI is InChI=1S/2C30H37N4.C28H33N4.C24H25N4/c1-18-15-19(2)20(3)23(16-18)25-22-14-12-11-13-21(22)24(17-34(25)10)26-31-27(29(4,5)6)33-28(32-26)30(7,8)9;1-18(2)13-27-31-28(14-19(3)4)33-30(32-27)26-17-34(8)29(24-12-10-9-11-23(24)26)25-16-20(5)15-21(6)22(25)7;1-16(2)26-29-27(17(3)4)31-28(30-26)24-15-32(8)25(22-12-10-9-11-21(22)24)23-14-18(5)13-19(6)20(23)7;1-14-11-15(2)16(3)21(12-14)23-20-10-8-7-9-19(20)22(13-28(23)6)24-26-17(4)25-18(5)27-24/h11-17H,1-10H3;9-12,15-19H,13-14H2,1-8H3;9-17H,1-8H3;7-13H,1-6H3/q4*+1. The summed E-state index contributed by atoms with van der Waals surface area (Å²) in [4.78, 5) is 57.6. The van der Waals surface area contributed by atoms with Crippen molar-refractivity contribution >= 4 is 43.1 Å². The van der Waals surface area contributed by atoms with Crippen LogP contribution in [0.4, 0.5) is 0 Å². The van der Waals surface area contributed by atoms with Crippen molar-refractivity contribution in [2.75, 3.05) is 0 Å². The highest BCUT2D eigenvalue weighted by Gasteiger charge is 2.32. The van der Waals surface area contributed by atoms with Crippen LogP contribution in [-0.2, 0) is 51.9 Å². The molecule has 0 amide bonds. The predicted molar refractivity (Wildman–Crippen MR) is 527 cm³/mol. The summed E-state index contributed by atoms with van der Waals surface area (Å²) in [5, 5.41) is 9.46. The molecule has 16 heteroatoms. The summed E-state index contributed by atoms with van der Waals surface area (Å²) in [5.74, 6) is 11.0. The molecule has 16 rings (SSSR count). The Hall–Kier alpha value is -12.6. The van der Waals surface area contributed by atoms with Gasteiger partial charge in [0, 0.05) is 57.1 Å². The van der Waals surface area contributed by atoms with E-state index < -0.39 is 0 Å². The van der Waals surface area contributed by atoms with Crippen LogP contribution in [0.5, 0.6) is 0 Å². The van der Waals surface area contributed by atoms with Crippen LogP contribution in [0.25, 0.3) is 134 Å². The van der Waals surface area contributed by atoms with Gasteiger partial charge in [-0.1, -0.05) is 216 Å². The van der Waals surface area contributed by atoms with E-state index in [0.29, 0.717) is 11.8 Å². The molecule has 16 nitrogen and oxygen atoms in total. The van der Waals surface area contributed by atoms with E-state index in [-0.39, 0.29) is 22.7 Å². The smallest absolute Gasteiger partial charge is 0.219 e. The second-order valence-electron chi connectivity index (χ2n) is 39.1. The van der Waals surface area contributed by atoms with E-state index in [9.17, 15) is 0 Å². The van der Waals surface area contributed by atoms with Gasteiger partial charge in [-0.3, -0.25) is 0 Å². The van der Waals surface area contributed by atoms with Crippen molar-refractivity contribution in [1.29, 1.82) is 0 Å². The fourth-order valence-electron chi connectivity index (χ4n) is 17.4. The first-order valence-corrected chi connectivity index (χ1v) is 45.4. The maximum Gasteiger partial charge on any atom is 0.220 e. The minimum atomic E-state index is -0.175. The van der Waals surface area contributed by atoms with Gasteiger partial charge in [-0.25, -0.2) is 59.8 Å². The quantitative estimate of drug-likeness (QED) is 0.0946. The summed E-state index contributed by atoms with van der Waals surface area (Å²) in [5.41, 5.74) is 29.4. The fourth-order valence-corrected chi connectivity index (χ4v) is 17.4. The maximum atomic E-state index is 4.99. The highest BCUT2D eigenvalue weighted by atomic mass is 15.1. The number of aromatic nitrogens is 16. The molecule has 16 aromatic rings. The zero-order valence-electron chi connectivity index (χ0n) is 82.0. The molecule has 8 heterocycles. The van der Waals surface area contributed by atoms with Gasteiger partial charge in [-0.05, 0) is 202 Å². The summed E-state index contributed by atoms with van der Waals surface area (Å²) in [7, 11) is 8.48. The number of nitrogens with zero attached hydrogens (tertiary/aromatic N) is 16. The molecule has 656 valence electrons. The molecule has 8 aromatic heterocycles. The zero-order valence-corrected chi connectivity index (χ0v) is 82.0. The van der Waals surface area contributed by atoms with Crippen molar-refractivity contribution in [2.24, 2.45) is 40.0 Å². The van der Waals surface area contributed by atoms with E-state index >= 15 is 0 Å². The van der Waals surface area contributed by atoms with Gasteiger partial charge in [-0.15, -0.1) is 0 Å². The van der Waals surface area contributed by atoms with Crippen molar-refractivity contribution < 1.29 is 18.3 Å². The third-order valence-corrected chi connectivity index (χ3v) is 24.3. The minimum absolute atomic E-state index is 0.175. The Labute approximate surface area is 760 Å². The number of benzene rings is 8. The van der Waals surface area contributed by atoms with E-state index in [1.54, 1.807) is 0 Å². The molecule has 0 unspecified atom stereocenters. The van der Waals surface area contributed by atoms with Gasteiger partial charge in [0.1, 0.15) is 74.8 Å². The number of fused-ring (bicyclic) bond motifs is 4. The fraction of sp³-hybridized carbons (Fsp3) is 0.357. The average molecular weight is 1700 g/mol. The second kappa shape index (κ2) is 37.8. The van der Waals surface area contributed by atoms with Crippen LogP contribution < -0.4 is 18.3 Å². The number of rotatable bonds is 14. The number of hydrogen-bond acceptors (Lipinski definition) is 12. The molecule has 0 aliphatic rings. The van der Waals surface area contributed by atoms with Crippen LogP contribution >= 0.6 is 0 Å². The first-order valence-electron chi connectivity index (χ1n) is 45.4. The molecule has 128 heavy (non-hydrogen) atoms. The molecule has 0 radical (unpaired) electrons. The predicted octanol–water partition coefficient (Wildman–Crippen LogP) is 24.3. The van der Waals surface area contributed by atoms with Crippen molar-refractivity contribution in [3.63, 3.8) is 0 Å². The van der Waals surface area contributed by atoms with Gasteiger partial charge in [0.05, 0.1) is 66.1 Å². The van der Waals surface area contributed by atoms with E-state index in [1.165, 1.54) is 139 Å². The molecule has 0 atom stereocenters. The Bertz CT molecular complexity index is 6850. The number of aryl methyl sites for hydroxylation is 14. The molecule has 0 saturated carbocycles. The summed E-state index contributed by atoms with van der Waals surface area (Å²) < 4.78 is 8.91. The van der Waals surface area contributed by atoms with Crippen LogP contribution in [0.2, 0.25) is 0 Å². The summed E-state index contributed by atoms with van der Waals surface area (Å²) in [6.45, 7) is 60.4. The van der Waals surface area contributed by atoms with Gasteiger partial charge in [0.15, 0.2) is 48.1 Å². The highest BCUT2D eigenvalue weighted by Crippen LogP contribution is 2.41. The Morgan fingerprint density at radius 1 is 0.258 bits per heavy atom. The Morgan fingerprint density at radius 3 is 0.750 bits per heavy atom. The van der Waals surface area contributed by atoms with Crippen LogP contribution in [0.15, 0.2) is 170 Å². The molecule has 8 aromatic carbocycles. The molecule has 0 saturated heterocycles. The van der Waals surface area contributed by atoms with Crippen molar-refractivity contribution in [3.8, 4) is 90.6 Å². The highest BCUT2D eigenvalue weighted by molar-refractivity contribution is 6.05. The summed E-state index contributed by atoms with van der Waals surface area (Å²) in [6.07, 6.45) is 10.4. The van der Waals surface area contributed by atoms with Gasteiger partial charge in [-0.2, -0.15) is 18.3 Å². The first kappa shape index (κ1) is 93.1. The molecule has 0 aliphatic carbocycles. The van der Waals surface area contributed by atoms with E-state index in [1.807, 2.05) is 13.8 Å². The van der Waals surface area contributed by atoms with Crippen LogP contribution in [0, 0.1) is 109 Å². The second-order valence-corrected chi connectivity index (χ2v) is 39.1. The molecule has 0 fully saturated rings. The lowest BCUT2D eigenvalue weighted by atomic mass is 9.92. The van der Waals surface area contributed by atoms with Crippen LogP contribution in [0.3, 0.4) is 0 Å². The van der Waals surface area contributed by atoms with Gasteiger partial charge < -0.3 is 0 Å². The Kier molecular flexibility index (Phi) is 27.5. The largest absolute Gasteiger partial charge is 0.220 e. The minimum Gasteiger partial charge on any atom is -0.219 e. The van der Waals surface area contributed by atoms with E-state index in [4.69, 9.17) is 44.9 Å². The topological polar surface area (TPSA) is 170 Å². The molecule has 0 N–H and O–H groups in total. The van der Waals surface area contributed by atoms with Gasteiger partial charge in [0.2, 0.25) is 22.8 Å². The molecule has 0 aliphatic heterocycles. The van der Waals surface area contributed by atoms with Crippen molar-refractivity contribution in [1.82, 2.24) is 59.8 Å². The molecule has 0 bridgehead atoms. The van der Waals surface area contributed by atoms with Gasteiger partial charge >= 0.3 is 0 Å². The van der Waals surface area contributed by atoms with Crippen LogP contribution in [-0.4, -0.2) is 59.8 Å². The monoisotopic (exact) mass is 1700 g/mol.